The van der Waals surface area contributed by atoms with Gasteiger partial charge in [0.15, 0.2) is 8.32 Å². The molecule has 1 atom stereocenters. The number of H-pyrrole nitrogens is 1. The van der Waals surface area contributed by atoms with E-state index in [0.717, 1.165) is 29.4 Å². The van der Waals surface area contributed by atoms with Crippen molar-refractivity contribution in [3.63, 3.8) is 0 Å². The number of esters is 1. The molecule has 5 aromatic rings. The number of benzene rings is 2. The first-order valence-electron chi connectivity index (χ1n) is 21.0. The van der Waals surface area contributed by atoms with Crippen molar-refractivity contribution >= 4 is 71.1 Å². The maximum atomic E-state index is 13.4. The summed E-state index contributed by atoms with van der Waals surface area (Å²) in [5.74, 6) is -0.205. The minimum atomic E-state index is -2.25. The molecule has 3 aromatic heterocycles. The highest BCUT2D eigenvalue weighted by molar-refractivity contribution is 7.12. The van der Waals surface area contributed by atoms with E-state index < -0.39 is 19.9 Å². The lowest BCUT2D eigenvalue weighted by Crippen LogP contribution is -2.43. The molecule has 0 unspecified atom stereocenters. The number of carbonyl (C=O) groups is 2. The van der Waals surface area contributed by atoms with Crippen LogP contribution in [0.3, 0.4) is 0 Å². The SMILES string of the molecule is COc1cc(NC(=O)CCN(C)C2CCC(OC(=O)C(O)(c3cccs3)c3cccs3)CC2)c(Cl)cc1CCNC[C@H](O[Si](C)(C)C(C)(C)C)c1ccc(O)c2[nH]c(=O)ccc12. The zero-order valence-electron chi connectivity index (χ0n) is 36.5. The number of hydrogen-bond acceptors (Lipinski definition) is 12. The number of amides is 1. The van der Waals surface area contributed by atoms with Crippen LogP contribution in [0.15, 0.2) is 76.2 Å². The highest BCUT2D eigenvalue weighted by atomic mass is 35.5. The van der Waals surface area contributed by atoms with Crippen molar-refractivity contribution in [1.82, 2.24) is 15.2 Å². The Labute approximate surface area is 377 Å². The number of rotatable bonds is 18. The Balaban J connectivity index is 0.999. The molecule has 62 heavy (non-hydrogen) atoms. The van der Waals surface area contributed by atoms with Gasteiger partial charge in [-0.2, -0.15) is 0 Å². The van der Waals surface area contributed by atoms with Gasteiger partial charge in [-0.3, -0.25) is 9.59 Å². The second-order valence-electron chi connectivity index (χ2n) is 17.5. The van der Waals surface area contributed by atoms with Crippen LogP contribution in [-0.4, -0.2) is 86.2 Å². The molecule has 0 spiro atoms. The van der Waals surface area contributed by atoms with Crippen molar-refractivity contribution in [3.8, 4) is 11.5 Å². The molecule has 0 aliphatic heterocycles. The molecule has 12 nitrogen and oxygen atoms in total. The monoisotopic (exact) mass is 922 g/mol. The van der Waals surface area contributed by atoms with E-state index in [2.05, 4.69) is 54.4 Å². The smallest absolute Gasteiger partial charge is 0.349 e. The zero-order chi connectivity index (χ0) is 44.8. The van der Waals surface area contributed by atoms with Crippen LogP contribution in [0.25, 0.3) is 10.9 Å². The number of aromatic hydroxyl groups is 1. The number of aromatic amines is 1. The molecule has 16 heteroatoms. The fourth-order valence-electron chi connectivity index (χ4n) is 7.62. The van der Waals surface area contributed by atoms with Gasteiger partial charge in [-0.25, -0.2) is 4.79 Å². The van der Waals surface area contributed by atoms with Crippen molar-refractivity contribution in [2.75, 3.05) is 39.1 Å². The number of anilines is 1. The van der Waals surface area contributed by atoms with Gasteiger partial charge in [-0.1, -0.05) is 50.6 Å². The predicted octanol–water partition coefficient (Wildman–Crippen LogP) is 8.96. The number of phenols is 1. The number of carbonyl (C=O) groups excluding carboxylic acids is 2. The second-order valence-corrected chi connectivity index (χ2v) is 24.6. The molecule has 0 saturated heterocycles. The Morgan fingerprint density at radius 2 is 1.69 bits per heavy atom. The van der Waals surface area contributed by atoms with Gasteiger partial charge in [0.1, 0.15) is 17.6 Å². The van der Waals surface area contributed by atoms with Crippen LogP contribution >= 0.6 is 34.3 Å². The highest BCUT2D eigenvalue weighted by Gasteiger charge is 2.45. The summed E-state index contributed by atoms with van der Waals surface area (Å²) in [6, 6.07) is 17.6. The Hall–Kier alpha value is -4.06. The number of ether oxygens (including phenoxy) is 2. The van der Waals surface area contributed by atoms with E-state index in [9.17, 15) is 24.6 Å². The Morgan fingerprint density at radius 1 is 1.02 bits per heavy atom. The normalized spacial score (nSPS) is 16.7. The summed E-state index contributed by atoms with van der Waals surface area (Å²) in [5.41, 5.74) is 0.490. The molecule has 2 aromatic carbocycles. The van der Waals surface area contributed by atoms with E-state index in [4.69, 9.17) is 25.5 Å². The minimum Gasteiger partial charge on any atom is -0.506 e. The molecule has 334 valence electrons. The number of methoxy groups -OCH3 is 1. The molecular weight excluding hydrogens is 864 g/mol. The van der Waals surface area contributed by atoms with Crippen LogP contribution < -0.4 is 20.9 Å². The first-order chi connectivity index (χ1) is 29.4. The van der Waals surface area contributed by atoms with Crippen LogP contribution in [0, 0.1) is 0 Å². The number of halogens is 1. The van der Waals surface area contributed by atoms with Gasteiger partial charge >= 0.3 is 5.97 Å². The third-order valence-corrected chi connectivity index (χ3v) is 19.1. The van der Waals surface area contributed by atoms with E-state index in [-0.39, 0.29) is 46.9 Å². The summed E-state index contributed by atoms with van der Waals surface area (Å²) in [4.78, 5) is 44.8. The Morgan fingerprint density at radius 3 is 2.31 bits per heavy atom. The standard InChI is InChI=1S/C46H59ClN4O8S2Si/c1-45(2,3)62(6,7)59-38(32-16-18-36(52)43-33(32)17-19-41(53)50-43)28-48-22-20-29-26-34(47)35(27-37(29)57-5)49-42(54)21-23-51(4)30-12-14-31(15-13-30)58-44(55)46(56,39-10-8-24-60-39)40-11-9-25-61-40/h8-11,16-19,24-27,30-31,38,48,52,56H,12-15,20-23,28H2,1-7H3,(H,49,54)(H,50,53)/t30?,31?,38-/m0/s1. The number of thiophene rings is 2. The molecule has 1 amide bonds. The zero-order valence-corrected chi connectivity index (χ0v) is 39.9. The van der Waals surface area contributed by atoms with E-state index in [1.54, 1.807) is 37.4 Å². The average molecular weight is 924 g/mol. The van der Waals surface area contributed by atoms with E-state index in [1.165, 1.54) is 28.7 Å². The molecule has 0 bridgehead atoms. The summed E-state index contributed by atoms with van der Waals surface area (Å²) in [5, 5.41) is 33.4. The van der Waals surface area contributed by atoms with Crippen LogP contribution in [-0.2, 0) is 30.8 Å². The summed E-state index contributed by atoms with van der Waals surface area (Å²) in [6.45, 7) is 12.6. The van der Waals surface area contributed by atoms with E-state index >= 15 is 0 Å². The van der Waals surface area contributed by atoms with Crippen molar-refractivity contribution in [2.24, 2.45) is 0 Å². The number of hydrogen-bond donors (Lipinski definition) is 5. The van der Waals surface area contributed by atoms with Gasteiger partial charge in [-0.05, 0) is 116 Å². The Bertz CT molecular complexity index is 2320. The average Bonchev–Trinajstić information content (AvgIpc) is 3.99. The fourth-order valence-corrected chi connectivity index (χ4v) is 10.8. The quantitative estimate of drug-likeness (QED) is 0.0326. The largest absolute Gasteiger partial charge is 0.506 e. The first kappa shape index (κ1) is 47.4. The van der Waals surface area contributed by atoms with Gasteiger partial charge in [0, 0.05) is 43.1 Å². The number of aromatic nitrogens is 1. The molecule has 5 N–H and O–H groups in total. The lowest BCUT2D eigenvalue weighted by molar-refractivity contribution is -0.169. The third-order valence-electron chi connectivity index (χ3n) is 12.3. The minimum absolute atomic E-state index is 0.00349. The fraction of sp³-hybridized carbons (Fsp3) is 0.457. The van der Waals surface area contributed by atoms with Gasteiger partial charge in [0.25, 0.3) is 0 Å². The molecule has 1 aliphatic rings. The summed E-state index contributed by atoms with van der Waals surface area (Å²) in [6.07, 6.45) is 3.12. The number of pyridine rings is 1. The predicted molar refractivity (Wildman–Crippen MR) is 251 cm³/mol. The third kappa shape index (κ3) is 11.0. The van der Waals surface area contributed by atoms with Crippen LogP contribution in [0.4, 0.5) is 5.69 Å². The molecule has 1 aliphatic carbocycles. The van der Waals surface area contributed by atoms with Gasteiger partial charge < -0.3 is 44.6 Å². The molecule has 1 fully saturated rings. The van der Waals surface area contributed by atoms with Crippen molar-refractivity contribution in [3.05, 3.63) is 108 Å². The van der Waals surface area contributed by atoms with Gasteiger partial charge in [0.05, 0.1) is 39.2 Å². The van der Waals surface area contributed by atoms with Crippen LogP contribution in [0.2, 0.25) is 23.2 Å². The topological polar surface area (TPSA) is 162 Å². The maximum absolute atomic E-state index is 13.4. The number of fused-ring (bicyclic) bond motifs is 1. The molecule has 0 radical (unpaired) electrons. The molecular formula is C46H59ClN4O8S2Si. The number of aliphatic hydroxyl groups is 1. The highest BCUT2D eigenvalue weighted by Crippen LogP contribution is 2.42. The maximum Gasteiger partial charge on any atom is 0.349 e. The Kier molecular flexibility index (Phi) is 15.4. The number of phenolic OH excluding ortho intramolecular Hbond substituents is 1. The lowest BCUT2D eigenvalue weighted by atomic mass is 9.91. The number of nitrogens with one attached hydrogen (secondary N) is 3. The molecule has 1 saturated carbocycles. The van der Waals surface area contributed by atoms with Crippen LogP contribution in [0.5, 0.6) is 11.5 Å². The molecule has 6 rings (SSSR count). The van der Waals surface area contributed by atoms with Gasteiger partial charge in [0.2, 0.25) is 17.1 Å². The summed E-state index contributed by atoms with van der Waals surface area (Å²) >= 11 is 9.40. The summed E-state index contributed by atoms with van der Waals surface area (Å²) in [7, 11) is 1.35. The first-order valence-corrected chi connectivity index (χ1v) is 26.1. The second kappa shape index (κ2) is 20.2. The van der Waals surface area contributed by atoms with Crippen LogP contribution in [0.1, 0.15) is 79.9 Å². The van der Waals surface area contributed by atoms with Crippen molar-refractivity contribution in [1.29, 1.82) is 0 Å². The van der Waals surface area contributed by atoms with Crippen molar-refractivity contribution < 1.29 is 33.7 Å². The lowest BCUT2D eigenvalue weighted by Gasteiger charge is -2.39. The summed E-state index contributed by atoms with van der Waals surface area (Å²) < 4.78 is 18.6. The molecule has 3 heterocycles. The number of nitrogens with zero attached hydrogens (tertiary/aromatic N) is 1. The van der Waals surface area contributed by atoms with Gasteiger partial charge in [-0.15, -0.1) is 22.7 Å². The van der Waals surface area contributed by atoms with E-state index in [1.807, 2.05) is 42.1 Å². The van der Waals surface area contributed by atoms with E-state index in [0.29, 0.717) is 70.6 Å². The van der Waals surface area contributed by atoms with Crippen molar-refractivity contribution in [2.45, 2.75) is 101 Å².